The summed E-state index contributed by atoms with van der Waals surface area (Å²) in [7, 11) is 1.72. The molecule has 2 aromatic rings. The minimum atomic E-state index is 0.530. The molecular formula is C23H32N4O2. The number of nitrogens with zero attached hydrogens (tertiary/aromatic N) is 3. The van der Waals surface area contributed by atoms with Crippen LogP contribution in [0.25, 0.3) is 6.08 Å². The molecule has 2 fully saturated rings. The molecule has 4 rings (SSSR count). The minimum Gasteiger partial charge on any atom is -0.496 e. The molecule has 1 N–H and O–H groups in total. The fourth-order valence-electron chi connectivity index (χ4n) is 4.39. The molecule has 1 aromatic carbocycles. The highest BCUT2D eigenvalue weighted by molar-refractivity contribution is 5.57. The highest BCUT2D eigenvalue weighted by atomic mass is 16.5. The van der Waals surface area contributed by atoms with Crippen LogP contribution in [0.2, 0.25) is 0 Å². The Bertz CT molecular complexity index is 798. The third kappa shape index (κ3) is 5.26. The van der Waals surface area contributed by atoms with Crippen molar-refractivity contribution in [2.24, 2.45) is 0 Å². The maximum absolute atomic E-state index is 5.48. The molecule has 1 atom stereocenters. The van der Waals surface area contributed by atoms with E-state index in [0.29, 0.717) is 5.92 Å². The van der Waals surface area contributed by atoms with Crippen LogP contribution in [0.3, 0.4) is 0 Å². The number of para-hydroxylation sites is 1. The average molecular weight is 397 g/mol. The van der Waals surface area contributed by atoms with Gasteiger partial charge in [0.05, 0.1) is 26.5 Å². The zero-order valence-electron chi connectivity index (χ0n) is 17.3. The van der Waals surface area contributed by atoms with E-state index in [4.69, 9.17) is 9.47 Å². The van der Waals surface area contributed by atoms with Crippen molar-refractivity contribution in [2.45, 2.75) is 25.3 Å². The number of rotatable bonds is 7. The van der Waals surface area contributed by atoms with Gasteiger partial charge in [-0.25, -0.2) is 0 Å². The summed E-state index contributed by atoms with van der Waals surface area (Å²) in [6, 6.07) is 8.15. The first-order chi connectivity index (χ1) is 14.3. The normalized spacial score (nSPS) is 21.6. The van der Waals surface area contributed by atoms with Crippen LogP contribution in [0, 0.1) is 0 Å². The van der Waals surface area contributed by atoms with E-state index in [-0.39, 0.29) is 0 Å². The average Bonchev–Trinajstić information content (AvgIpc) is 3.23. The minimum absolute atomic E-state index is 0.530. The van der Waals surface area contributed by atoms with Crippen molar-refractivity contribution < 1.29 is 9.47 Å². The number of nitrogens with one attached hydrogen (secondary N) is 1. The zero-order valence-corrected chi connectivity index (χ0v) is 17.3. The van der Waals surface area contributed by atoms with Crippen LogP contribution in [0.5, 0.6) is 5.75 Å². The number of hydrogen-bond donors (Lipinski definition) is 1. The number of hydrogen-bond acceptors (Lipinski definition) is 5. The predicted molar refractivity (Wildman–Crippen MR) is 115 cm³/mol. The van der Waals surface area contributed by atoms with Gasteiger partial charge in [-0.1, -0.05) is 30.4 Å². The number of aromatic amines is 1. The largest absolute Gasteiger partial charge is 0.496 e. The van der Waals surface area contributed by atoms with Gasteiger partial charge in [-0.05, 0) is 25.5 Å². The molecule has 2 aliphatic heterocycles. The van der Waals surface area contributed by atoms with Gasteiger partial charge >= 0.3 is 0 Å². The van der Waals surface area contributed by atoms with Gasteiger partial charge < -0.3 is 9.47 Å². The quantitative estimate of drug-likeness (QED) is 0.779. The summed E-state index contributed by atoms with van der Waals surface area (Å²) in [6.07, 6.45) is 8.89. The Morgan fingerprint density at radius 3 is 2.93 bits per heavy atom. The molecule has 2 saturated heterocycles. The number of ether oxygens (including phenoxy) is 2. The number of methoxy groups -OCH3 is 1. The van der Waals surface area contributed by atoms with Crippen LogP contribution >= 0.6 is 0 Å². The molecule has 29 heavy (non-hydrogen) atoms. The monoisotopic (exact) mass is 396 g/mol. The van der Waals surface area contributed by atoms with Gasteiger partial charge in [0.1, 0.15) is 5.75 Å². The molecule has 0 amide bonds. The Labute approximate surface area is 173 Å². The molecule has 0 radical (unpaired) electrons. The van der Waals surface area contributed by atoms with Gasteiger partial charge in [0.25, 0.3) is 0 Å². The van der Waals surface area contributed by atoms with Gasteiger partial charge in [-0.15, -0.1) is 0 Å². The second-order valence-corrected chi connectivity index (χ2v) is 7.94. The molecule has 0 saturated carbocycles. The first-order valence-corrected chi connectivity index (χ1v) is 10.7. The third-order valence-corrected chi connectivity index (χ3v) is 5.96. The lowest BCUT2D eigenvalue weighted by molar-refractivity contribution is 0.0340. The molecule has 0 aliphatic carbocycles. The molecule has 1 aromatic heterocycles. The summed E-state index contributed by atoms with van der Waals surface area (Å²) >= 11 is 0. The fraction of sp³-hybridized carbons (Fsp3) is 0.522. The molecule has 0 spiro atoms. The highest BCUT2D eigenvalue weighted by Crippen LogP contribution is 2.28. The van der Waals surface area contributed by atoms with Gasteiger partial charge in [0.2, 0.25) is 0 Å². The number of aromatic nitrogens is 2. The van der Waals surface area contributed by atoms with E-state index in [2.05, 4.69) is 38.2 Å². The Morgan fingerprint density at radius 2 is 2.07 bits per heavy atom. The number of piperidine rings is 1. The smallest absolute Gasteiger partial charge is 0.126 e. The Hall–Kier alpha value is -2.15. The maximum atomic E-state index is 5.48. The van der Waals surface area contributed by atoms with E-state index >= 15 is 0 Å². The summed E-state index contributed by atoms with van der Waals surface area (Å²) in [6.45, 7) is 7.85. The lowest BCUT2D eigenvalue weighted by Gasteiger charge is -2.32. The molecule has 6 nitrogen and oxygen atoms in total. The lowest BCUT2D eigenvalue weighted by atomic mass is 9.92. The van der Waals surface area contributed by atoms with Crippen LogP contribution in [-0.2, 0) is 11.3 Å². The number of benzene rings is 1. The van der Waals surface area contributed by atoms with Crippen LogP contribution in [0.15, 0.2) is 36.5 Å². The number of H-pyrrole nitrogens is 1. The van der Waals surface area contributed by atoms with Crippen molar-refractivity contribution >= 4 is 6.08 Å². The van der Waals surface area contributed by atoms with Gasteiger partial charge in [0, 0.05) is 55.5 Å². The van der Waals surface area contributed by atoms with E-state index < -0.39 is 0 Å². The van der Waals surface area contributed by atoms with E-state index in [1.54, 1.807) is 7.11 Å². The second kappa shape index (κ2) is 10.1. The first-order valence-electron chi connectivity index (χ1n) is 10.7. The predicted octanol–water partition coefficient (Wildman–Crippen LogP) is 3.14. The molecule has 6 heteroatoms. The highest BCUT2D eigenvalue weighted by Gasteiger charge is 2.25. The van der Waals surface area contributed by atoms with Gasteiger partial charge in [0.15, 0.2) is 0 Å². The summed E-state index contributed by atoms with van der Waals surface area (Å²) in [5, 5.41) is 7.69. The molecule has 156 valence electrons. The van der Waals surface area contributed by atoms with Crippen LogP contribution in [-0.4, -0.2) is 73.0 Å². The van der Waals surface area contributed by atoms with Crippen LogP contribution in [0.4, 0.5) is 0 Å². The Kier molecular flexibility index (Phi) is 6.98. The Morgan fingerprint density at radius 1 is 1.21 bits per heavy atom. The van der Waals surface area contributed by atoms with E-state index in [1.165, 1.54) is 24.1 Å². The summed E-state index contributed by atoms with van der Waals surface area (Å²) in [5.41, 5.74) is 3.81. The number of likely N-dealkylation sites (tertiary alicyclic amines) is 1. The van der Waals surface area contributed by atoms with Crippen molar-refractivity contribution in [1.82, 2.24) is 20.0 Å². The summed E-state index contributed by atoms with van der Waals surface area (Å²) in [5.74, 6) is 1.45. The van der Waals surface area contributed by atoms with Crippen LogP contribution in [0.1, 0.15) is 35.6 Å². The fourth-order valence-corrected chi connectivity index (χ4v) is 4.39. The molecule has 0 bridgehead atoms. The van der Waals surface area contributed by atoms with Crippen molar-refractivity contribution in [3.05, 3.63) is 53.4 Å². The second-order valence-electron chi connectivity index (χ2n) is 7.94. The Balaban J connectivity index is 1.35. The SMILES string of the molecule is COc1ccccc1/C=C/CN1CCCC(c2[nH]ncc2CN2CCOCC2)C1. The third-order valence-electron chi connectivity index (χ3n) is 5.96. The molecule has 2 aliphatic rings. The molecular weight excluding hydrogens is 364 g/mol. The summed E-state index contributed by atoms with van der Waals surface area (Å²) in [4.78, 5) is 5.01. The van der Waals surface area contributed by atoms with Gasteiger partial charge in [-0.2, -0.15) is 5.10 Å². The topological polar surface area (TPSA) is 53.6 Å². The first kappa shape index (κ1) is 20.1. The molecule has 1 unspecified atom stereocenters. The van der Waals surface area contributed by atoms with E-state index in [9.17, 15) is 0 Å². The van der Waals surface area contributed by atoms with Gasteiger partial charge in [-0.3, -0.25) is 14.9 Å². The van der Waals surface area contributed by atoms with Crippen molar-refractivity contribution in [2.75, 3.05) is 53.0 Å². The van der Waals surface area contributed by atoms with Crippen LogP contribution < -0.4 is 4.74 Å². The van der Waals surface area contributed by atoms with Crippen molar-refractivity contribution in [1.29, 1.82) is 0 Å². The maximum Gasteiger partial charge on any atom is 0.126 e. The summed E-state index contributed by atoms with van der Waals surface area (Å²) < 4.78 is 10.9. The molecule has 3 heterocycles. The zero-order chi connectivity index (χ0) is 19.9. The van der Waals surface area contributed by atoms with E-state index in [1.807, 2.05) is 24.4 Å². The standard InChI is InChI=1S/C23H32N4O2/c1-28-22-9-3-2-6-19(22)7-4-10-26-11-5-8-20(17-26)23-21(16-24-25-23)18-27-12-14-29-15-13-27/h2-4,6-7,9,16,20H,5,8,10-15,17-18H2,1H3,(H,24,25)/b7-4+. The number of morpholine rings is 1. The van der Waals surface area contributed by atoms with E-state index in [0.717, 1.165) is 63.8 Å². The van der Waals surface area contributed by atoms with Crippen molar-refractivity contribution in [3.63, 3.8) is 0 Å². The lowest BCUT2D eigenvalue weighted by Crippen LogP contribution is -2.37. The van der Waals surface area contributed by atoms with Crippen molar-refractivity contribution in [3.8, 4) is 5.75 Å².